The molecule has 2 aliphatic heterocycles. The van der Waals surface area contributed by atoms with Crippen LogP contribution in [0.25, 0.3) is 0 Å². The van der Waals surface area contributed by atoms with Gasteiger partial charge in [-0.3, -0.25) is 14.7 Å². The summed E-state index contributed by atoms with van der Waals surface area (Å²) in [6, 6.07) is 11.1. The van der Waals surface area contributed by atoms with Crippen LogP contribution in [0.15, 0.2) is 35.3 Å². The zero-order chi connectivity index (χ0) is 19.8. The molecule has 0 saturated carbocycles. The lowest BCUT2D eigenvalue weighted by molar-refractivity contribution is -0.149. The fraction of sp³-hybridized carbons (Fsp3) is 0.636. The van der Waals surface area contributed by atoms with Crippen molar-refractivity contribution in [1.29, 1.82) is 0 Å². The minimum atomic E-state index is -0.0525. The Kier molecular flexibility index (Phi) is 10.2. The van der Waals surface area contributed by atoms with Crippen LogP contribution in [0.5, 0.6) is 0 Å². The van der Waals surface area contributed by atoms with Crippen LogP contribution < -0.4 is 5.32 Å². The van der Waals surface area contributed by atoms with Crippen LogP contribution in [-0.2, 0) is 9.53 Å². The lowest BCUT2D eigenvalue weighted by Gasteiger charge is -2.35. The molecule has 1 aromatic rings. The molecule has 0 bridgehead atoms. The van der Waals surface area contributed by atoms with Crippen molar-refractivity contribution < 1.29 is 9.53 Å². The van der Waals surface area contributed by atoms with E-state index in [-0.39, 0.29) is 35.9 Å². The summed E-state index contributed by atoms with van der Waals surface area (Å²) in [5, 5.41) is 3.60. The van der Waals surface area contributed by atoms with E-state index in [2.05, 4.69) is 50.4 Å². The number of aliphatic imine (C=N–C) groups is 1. The summed E-state index contributed by atoms with van der Waals surface area (Å²) in [6.07, 6.45) is 4.21. The summed E-state index contributed by atoms with van der Waals surface area (Å²) in [4.78, 5) is 21.3. The molecular weight excluding hydrogens is 479 g/mol. The maximum Gasteiger partial charge on any atom is 0.309 e. The number of hydrogen-bond acceptors (Lipinski definition) is 4. The second-order valence-electron chi connectivity index (χ2n) is 7.61. The standard InChI is InChI=1S/C22H34N4O2.HI/c1-3-28-21(27)19-11-15-26(16-12-19)22(23-2)24-17-20(25-13-7-8-14-25)18-9-5-4-6-10-18;/h4-6,9-10,19-20H,3,7-8,11-17H2,1-2H3,(H,23,24);1H. The van der Waals surface area contributed by atoms with Gasteiger partial charge in [0, 0.05) is 26.7 Å². The second kappa shape index (κ2) is 12.4. The summed E-state index contributed by atoms with van der Waals surface area (Å²) >= 11 is 0. The summed E-state index contributed by atoms with van der Waals surface area (Å²) in [5.74, 6) is 0.904. The van der Waals surface area contributed by atoms with Gasteiger partial charge in [0.1, 0.15) is 0 Å². The van der Waals surface area contributed by atoms with Gasteiger partial charge in [0.2, 0.25) is 0 Å². The third kappa shape index (κ3) is 6.57. The van der Waals surface area contributed by atoms with Crippen molar-refractivity contribution >= 4 is 35.9 Å². The van der Waals surface area contributed by atoms with Crippen molar-refractivity contribution in [3.63, 3.8) is 0 Å². The van der Waals surface area contributed by atoms with E-state index in [1.54, 1.807) is 0 Å². The lowest BCUT2D eigenvalue weighted by atomic mass is 9.97. The largest absolute Gasteiger partial charge is 0.466 e. The molecule has 2 heterocycles. The molecule has 0 aliphatic carbocycles. The molecule has 0 amide bonds. The summed E-state index contributed by atoms with van der Waals surface area (Å²) < 4.78 is 5.18. The Bertz CT molecular complexity index is 641. The molecule has 1 N–H and O–H groups in total. The van der Waals surface area contributed by atoms with Gasteiger partial charge < -0.3 is 15.0 Å². The first kappa shape index (κ1) is 23.9. The van der Waals surface area contributed by atoms with Gasteiger partial charge in [-0.2, -0.15) is 0 Å². The van der Waals surface area contributed by atoms with Gasteiger partial charge in [0.05, 0.1) is 18.6 Å². The van der Waals surface area contributed by atoms with E-state index >= 15 is 0 Å². The Balaban J connectivity index is 0.00000300. The zero-order valence-electron chi connectivity index (χ0n) is 17.7. The van der Waals surface area contributed by atoms with Gasteiger partial charge in [0.15, 0.2) is 5.96 Å². The molecule has 2 fully saturated rings. The summed E-state index contributed by atoms with van der Waals surface area (Å²) in [7, 11) is 1.84. The number of likely N-dealkylation sites (tertiary alicyclic amines) is 2. The van der Waals surface area contributed by atoms with Crippen LogP contribution in [0.4, 0.5) is 0 Å². The van der Waals surface area contributed by atoms with Crippen molar-refractivity contribution in [2.24, 2.45) is 10.9 Å². The molecule has 1 atom stereocenters. The van der Waals surface area contributed by atoms with Crippen LogP contribution in [0.2, 0.25) is 0 Å². The van der Waals surface area contributed by atoms with Gasteiger partial charge in [-0.15, -0.1) is 24.0 Å². The highest BCUT2D eigenvalue weighted by Crippen LogP contribution is 2.25. The van der Waals surface area contributed by atoms with Crippen LogP contribution in [0.1, 0.15) is 44.2 Å². The van der Waals surface area contributed by atoms with Crippen LogP contribution in [0, 0.1) is 5.92 Å². The number of benzene rings is 1. The Morgan fingerprint density at radius 1 is 1.17 bits per heavy atom. The third-order valence-electron chi connectivity index (χ3n) is 5.85. The van der Waals surface area contributed by atoms with Gasteiger partial charge in [-0.25, -0.2) is 0 Å². The average molecular weight is 514 g/mol. The van der Waals surface area contributed by atoms with Crippen LogP contribution in [-0.4, -0.2) is 68.1 Å². The molecule has 0 radical (unpaired) electrons. The lowest BCUT2D eigenvalue weighted by Crippen LogP contribution is -2.48. The van der Waals surface area contributed by atoms with Crippen molar-refractivity contribution in [2.45, 2.75) is 38.6 Å². The number of hydrogen-bond donors (Lipinski definition) is 1. The molecular formula is C22H35IN4O2. The highest BCUT2D eigenvalue weighted by molar-refractivity contribution is 14.0. The molecule has 2 saturated heterocycles. The number of carbonyl (C=O) groups is 1. The Morgan fingerprint density at radius 3 is 2.41 bits per heavy atom. The number of ether oxygens (including phenoxy) is 1. The van der Waals surface area contributed by atoms with E-state index in [0.717, 1.165) is 51.5 Å². The predicted molar refractivity (Wildman–Crippen MR) is 128 cm³/mol. The van der Waals surface area contributed by atoms with E-state index in [4.69, 9.17) is 4.74 Å². The van der Waals surface area contributed by atoms with Crippen molar-refractivity contribution in [3.8, 4) is 0 Å². The first-order chi connectivity index (χ1) is 13.7. The van der Waals surface area contributed by atoms with Gasteiger partial charge in [0.25, 0.3) is 0 Å². The average Bonchev–Trinajstić information content (AvgIpc) is 3.27. The zero-order valence-corrected chi connectivity index (χ0v) is 20.0. The van der Waals surface area contributed by atoms with Crippen molar-refractivity contribution in [1.82, 2.24) is 15.1 Å². The highest BCUT2D eigenvalue weighted by atomic mass is 127. The van der Waals surface area contributed by atoms with Gasteiger partial charge >= 0.3 is 5.97 Å². The molecule has 0 aromatic heterocycles. The smallest absolute Gasteiger partial charge is 0.309 e. The maximum atomic E-state index is 12.0. The number of nitrogens with one attached hydrogen (secondary N) is 1. The maximum absolute atomic E-state index is 12.0. The summed E-state index contributed by atoms with van der Waals surface area (Å²) in [6.45, 7) is 7.15. The molecule has 1 aromatic carbocycles. The van der Waals surface area contributed by atoms with E-state index < -0.39 is 0 Å². The highest BCUT2D eigenvalue weighted by Gasteiger charge is 2.28. The monoisotopic (exact) mass is 514 g/mol. The van der Waals surface area contributed by atoms with Gasteiger partial charge in [-0.05, 0) is 51.3 Å². The SMILES string of the molecule is CCOC(=O)C1CCN(C(=NC)NCC(c2ccccc2)N2CCCC2)CC1.I. The van der Waals surface area contributed by atoms with E-state index in [1.165, 1.54) is 18.4 Å². The van der Waals surface area contributed by atoms with Crippen molar-refractivity contribution in [2.75, 3.05) is 46.4 Å². The Morgan fingerprint density at radius 2 is 1.83 bits per heavy atom. The number of halogens is 1. The number of rotatable bonds is 6. The number of nitrogens with zero attached hydrogens (tertiary/aromatic N) is 3. The minimum Gasteiger partial charge on any atom is -0.466 e. The first-order valence-electron chi connectivity index (χ1n) is 10.6. The number of guanidine groups is 1. The molecule has 7 heteroatoms. The van der Waals surface area contributed by atoms with E-state index in [0.29, 0.717) is 12.6 Å². The van der Waals surface area contributed by atoms with E-state index in [1.807, 2.05) is 14.0 Å². The predicted octanol–water partition coefficient (Wildman–Crippen LogP) is 3.29. The van der Waals surface area contributed by atoms with Gasteiger partial charge in [-0.1, -0.05) is 30.3 Å². The van der Waals surface area contributed by atoms with Crippen molar-refractivity contribution in [3.05, 3.63) is 35.9 Å². The third-order valence-corrected chi connectivity index (χ3v) is 5.85. The Hall–Kier alpha value is -1.35. The summed E-state index contributed by atoms with van der Waals surface area (Å²) in [5.41, 5.74) is 1.35. The molecule has 1 unspecified atom stereocenters. The normalized spacial score (nSPS) is 19.5. The number of piperidine rings is 1. The quantitative estimate of drug-likeness (QED) is 0.273. The fourth-order valence-electron chi connectivity index (χ4n) is 4.29. The molecule has 2 aliphatic rings. The topological polar surface area (TPSA) is 57.2 Å². The minimum absolute atomic E-state index is 0. The molecule has 6 nitrogen and oxygen atoms in total. The molecule has 3 rings (SSSR count). The molecule has 29 heavy (non-hydrogen) atoms. The molecule has 162 valence electrons. The molecule has 0 spiro atoms. The first-order valence-corrected chi connectivity index (χ1v) is 10.6. The van der Waals surface area contributed by atoms with E-state index in [9.17, 15) is 4.79 Å². The van der Waals surface area contributed by atoms with Crippen LogP contribution in [0.3, 0.4) is 0 Å². The number of esters is 1. The van der Waals surface area contributed by atoms with Crippen LogP contribution >= 0.6 is 24.0 Å². The fourth-order valence-corrected chi connectivity index (χ4v) is 4.29. The Labute approximate surface area is 192 Å². The number of carbonyl (C=O) groups excluding carboxylic acids is 1. The second-order valence-corrected chi connectivity index (χ2v) is 7.61.